The van der Waals surface area contributed by atoms with Gasteiger partial charge in [-0.1, -0.05) is 60.6 Å². The molecule has 0 saturated carbocycles. The second-order valence-electron chi connectivity index (χ2n) is 16.0. The molecule has 0 radical (unpaired) electrons. The van der Waals surface area contributed by atoms with Crippen LogP contribution in [0.5, 0.6) is 0 Å². The second kappa shape index (κ2) is 17.8. The van der Waals surface area contributed by atoms with Crippen LogP contribution in [-0.2, 0) is 36.0 Å². The number of ether oxygens (including phenoxy) is 2. The van der Waals surface area contributed by atoms with Crippen molar-refractivity contribution in [3.63, 3.8) is 0 Å². The molecule has 0 aromatic heterocycles. The van der Waals surface area contributed by atoms with Gasteiger partial charge in [0.05, 0.1) is 24.8 Å². The van der Waals surface area contributed by atoms with Crippen molar-refractivity contribution in [1.82, 2.24) is 4.90 Å². The molecule has 9 atom stereocenters. The molecule has 3 heterocycles. The molecule has 2 aromatic carbocycles. The van der Waals surface area contributed by atoms with Crippen LogP contribution in [0.1, 0.15) is 58.1 Å². The number of aliphatic hydroxyl groups excluding tert-OH is 5. The summed E-state index contributed by atoms with van der Waals surface area (Å²) in [5, 5.41) is 53.1. The number of carbonyl (C=O) groups is 3. The molecule has 15 heteroatoms. The average molecular weight is 796 g/mol. The zero-order valence-corrected chi connectivity index (χ0v) is 34.0. The highest BCUT2D eigenvalue weighted by molar-refractivity contribution is 6.71. The highest BCUT2D eigenvalue weighted by atomic mass is 28.4. The van der Waals surface area contributed by atoms with Gasteiger partial charge in [-0.25, -0.2) is 0 Å². The van der Waals surface area contributed by atoms with Crippen molar-refractivity contribution in [2.75, 3.05) is 29.9 Å². The molecule has 2 saturated heterocycles. The van der Waals surface area contributed by atoms with Crippen LogP contribution >= 0.6 is 0 Å². The van der Waals surface area contributed by atoms with E-state index in [4.69, 9.17) is 9.47 Å². The lowest BCUT2D eigenvalue weighted by molar-refractivity contribution is -0.274. The minimum Gasteiger partial charge on any atom is -0.432 e. The van der Waals surface area contributed by atoms with Gasteiger partial charge in [-0.2, -0.15) is 0 Å². The zero-order valence-electron chi connectivity index (χ0n) is 33.0. The maximum atomic E-state index is 15.0. The van der Waals surface area contributed by atoms with Crippen LogP contribution in [0.2, 0.25) is 18.6 Å². The van der Waals surface area contributed by atoms with Crippen LogP contribution in [0.25, 0.3) is 0 Å². The SMILES string of the molecule is CC(C)=CCC/C(C)=C/CN1C(=O)[C@]2(O[C@H](CC(=O)N(CCO)Cc3ccccc3)[C@@H]([Si](C)(C)O)[C@@H]2C)c2cc(NC(=O)[C@H]3O[C@@H](O)[C@H](O)[C@@H](O)[C@@H]3O)ccc21. The summed E-state index contributed by atoms with van der Waals surface area (Å²) in [7, 11) is -3.18. The van der Waals surface area contributed by atoms with Gasteiger partial charge < -0.3 is 54.9 Å². The van der Waals surface area contributed by atoms with Gasteiger partial charge in [0.1, 0.15) is 18.3 Å². The Morgan fingerprint density at radius 3 is 2.34 bits per heavy atom. The summed E-state index contributed by atoms with van der Waals surface area (Å²) in [6, 6.07) is 14.2. The summed E-state index contributed by atoms with van der Waals surface area (Å²) in [5.74, 6) is -2.23. The Morgan fingerprint density at radius 1 is 1.00 bits per heavy atom. The molecule has 2 aromatic rings. The maximum Gasteiger partial charge on any atom is 0.264 e. The second-order valence-corrected chi connectivity index (χ2v) is 20.0. The zero-order chi connectivity index (χ0) is 41.1. The van der Waals surface area contributed by atoms with E-state index in [0.29, 0.717) is 11.3 Å². The fraction of sp³-hybridized carbons (Fsp3) is 0.537. The molecular weight excluding hydrogens is 739 g/mol. The van der Waals surface area contributed by atoms with Gasteiger partial charge in [-0.05, 0) is 70.5 Å². The first-order valence-corrected chi connectivity index (χ1v) is 22.2. The predicted octanol–water partition coefficient (Wildman–Crippen LogP) is 2.67. The Balaban J connectivity index is 1.52. The van der Waals surface area contributed by atoms with Crippen LogP contribution < -0.4 is 10.2 Å². The highest BCUT2D eigenvalue weighted by Crippen LogP contribution is 2.60. The standard InChI is InChI=1S/C41H57N3O11Si/c1-24(2)11-10-12-25(3)17-18-44-30-16-15-28(42-38(50)36-34(48)33(47)35(49)39(51)54-36)21-29(30)41(40(44)52)26(4)37(56(5,6)53)31(55-41)22-32(46)43(19-20-45)23-27-13-8-7-9-14-27/h7-9,11,13-17,21,26,31,33-37,39,45,47-49,51,53H,10,12,18-20,22-23H2,1-6H3,(H,42,50)/b25-17+/t26-,31+,33-,34-,35+,36-,37-,39+,41+/m0/s1. The summed E-state index contributed by atoms with van der Waals surface area (Å²) in [6.45, 7) is 11.7. The number of hydrogen-bond donors (Lipinski definition) is 7. The quantitative estimate of drug-likeness (QED) is 0.109. The Morgan fingerprint density at radius 2 is 1.70 bits per heavy atom. The van der Waals surface area contributed by atoms with Gasteiger partial charge >= 0.3 is 0 Å². The van der Waals surface area contributed by atoms with E-state index in [1.807, 2.05) is 64.1 Å². The normalized spacial score (nSPS) is 29.0. The Bertz CT molecular complexity index is 1800. The van der Waals surface area contributed by atoms with Crippen LogP contribution in [0.3, 0.4) is 0 Å². The Kier molecular flexibility index (Phi) is 13.8. The minimum atomic E-state index is -3.18. The van der Waals surface area contributed by atoms with E-state index < -0.39 is 68.1 Å². The monoisotopic (exact) mass is 795 g/mol. The third-order valence-corrected chi connectivity index (χ3v) is 13.6. The average Bonchev–Trinajstić information content (AvgIpc) is 3.56. The number of fused-ring (bicyclic) bond motifs is 2. The first-order valence-electron chi connectivity index (χ1n) is 19.2. The fourth-order valence-corrected chi connectivity index (χ4v) is 10.8. The number of nitrogens with zero attached hydrogens (tertiary/aromatic N) is 2. The molecule has 2 fully saturated rings. The fourth-order valence-electron chi connectivity index (χ4n) is 8.28. The van der Waals surface area contributed by atoms with Crippen LogP contribution in [0.4, 0.5) is 11.4 Å². The Hall–Kier alpha value is -3.77. The lowest BCUT2D eigenvalue weighted by atomic mass is 9.82. The number of nitrogens with one attached hydrogen (secondary N) is 1. The van der Waals surface area contributed by atoms with E-state index in [1.54, 1.807) is 41.1 Å². The number of amides is 3. The molecule has 3 aliphatic heterocycles. The number of aliphatic hydroxyl groups is 5. The van der Waals surface area contributed by atoms with Gasteiger partial charge in [0.2, 0.25) is 5.91 Å². The van der Waals surface area contributed by atoms with E-state index in [2.05, 4.69) is 11.4 Å². The van der Waals surface area contributed by atoms with Crippen molar-refractivity contribution >= 4 is 37.4 Å². The lowest BCUT2D eigenvalue weighted by Crippen LogP contribution is -2.60. The Labute approximate surface area is 329 Å². The molecule has 0 aliphatic carbocycles. The largest absolute Gasteiger partial charge is 0.432 e. The summed E-state index contributed by atoms with van der Waals surface area (Å²) in [5.41, 5.74) is 2.04. The summed E-state index contributed by atoms with van der Waals surface area (Å²) >= 11 is 0. The smallest absolute Gasteiger partial charge is 0.264 e. The molecular formula is C41H57N3O11Si. The van der Waals surface area contributed by atoms with Crippen LogP contribution in [0.15, 0.2) is 71.8 Å². The molecule has 0 unspecified atom stereocenters. The van der Waals surface area contributed by atoms with Gasteiger partial charge in [0.15, 0.2) is 26.3 Å². The number of allylic oxidation sites excluding steroid dienone is 3. The van der Waals surface area contributed by atoms with E-state index in [9.17, 15) is 44.7 Å². The van der Waals surface area contributed by atoms with Crippen molar-refractivity contribution in [3.8, 4) is 0 Å². The third kappa shape index (κ3) is 9.01. The maximum absolute atomic E-state index is 15.0. The summed E-state index contributed by atoms with van der Waals surface area (Å²) < 4.78 is 12.0. The molecule has 7 N–H and O–H groups in total. The molecule has 5 rings (SSSR count). The number of anilines is 2. The van der Waals surface area contributed by atoms with E-state index in [-0.39, 0.29) is 50.2 Å². The first-order chi connectivity index (χ1) is 26.4. The van der Waals surface area contributed by atoms with Crippen molar-refractivity contribution in [3.05, 3.63) is 83.0 Å². The summed E-state index contributed by atoms with van der Waals surface area (Å²) in [4.78, 5) is 57.3. The van der Waals surface area contributed by atoms with Crippen molar-refractivity contribution in [2.24, 2.45) is 5.92 Å². The molecule has 306 valence electrons. The molecule has 0 bridgehead atoms. The predicted molar refractivity (Wildman–Crippen MR) is 211 cm³/mol. The minimum absolute atomic E-state index is 0.0794. The molecule has 1 spiro atoms. The van der Waals surface area contributed by atoms with Gasteiger partial charge in [-0.3, -0.25) is 14.4 Å². The number of rotatable bonds is 14. The lowest BCUT2D eigenvalue weighted by Gasteiger charge is -2.37. The molecule has 14 nitrogen and oxygen atoms in total. The third-order valence-electron chi connectivity index (χ3n) is 11.1. The number of carbonyl (C=O) groups excluding carboxylic acids is 3. The number of benzene rings is 2. The van der Waals surface area contributed by atoms with E-state index in [1.165, 1.54) is 5.57 Å². The van der Waals surface area contributed by atoms with Crippen LogP contribution in [-0.4, -0.2) is 118 Å². The molecule has 3 aliphatic rings. The molecule has 56 heavy (non-hydrogen) atoms. The van der Waals surface area contributed by atoms with Crippen LogP contribution in [0, 0.1) is 5.92 Å². The van der Waals surface area contributed by atoms with Gasteiger partial charge in [-0.15, -0.1) is 0 Å². The van der Waals surface area contributed by atoms with Gasteiger partial charge in [0.25, 0.3) is 11.8 Å². The highest BCUT2D eigenvalue weighted by Gasteiger charge is 2.66. The van der Waals surface area contributed by atoms with E-state index >= 15 is 0 Å². The van der Waals surface area contributed by atoms with E-state index in [0.717, 1.165) is 24.0 Å². The van der Waals surface area contributed by atoms with Crippen molar-refractivity contribution < 1.29 is 54.2 Å². The number of hydrogen-bond acceptors (Lipinski definition) is 11. The van der Waals surface area contributed by atoms with Crippen molar-refractivity contribution in [2.45, 2.75) is 115 Å². The summed E-state index contributed by atoms with van der Waals surface area (Å²) in [6.07, 6.45) is -4.43. The van der Waals surface area contributed by atoms with Crippen molar-refractivity contribution in [1.29, 1.82) is 0 Å². The molecule has 3 amide bonds. The van der Waals surface area contributed by atoms with Gasteiger partial charge in [0, 0.05) is 42.3 Å². The first kappa shape index (κ1) is 43.4. The topological polar surface area (TPSA) is 210 Å².